The van der Waals surface area contributed by atoms with Crippen molar-refractivity contribution in [3.05, 3.63) is 47.0 Å². The van der Waals surface area contributed by atoms with E-state index in [0.717, 1.165) is 55.3 Å². The third-order valence-electron chi connectivity index (χ3n) is 4.72. The Balaban J connectivity index is 1.50. The fourth-order valence-corrected chi connectivity index (χ4v) is 3.53. The van der Waals surface area contributed by atoms with E-state index in [1.807, 2.05) is 29.2 Å². The number of aryl methyl sites for hydroxylation is 2. The zero-order chi connectivity index (χ0) is 16.9. The van der Waals surface area contributed by atoms with E-state index in [-0.39, 0.29) is 5.91 Å². The second kappa shape index (κ2) is 7.79. The Morgan fingerprint density at radius 3 is 2.83 bits per heavy atom. The average Bonchev–Trinajstić information content (AvgIpc) is 3.08. The summed E-state index contributed by atoms with van der Waals surface area (Å²) >= 11 is 5.99. The van der Waals surface area contributed by atoms with Crippen LogP contribution in [0.5, 0.6) is 0 Å². The van der Waals surface area contributed by atoms with Gasteiger partial charge in [-0.05, 0) is 43.9 Å². The highest BCUT2D eigenvalue weighted by Gasteiger charge is 2.26. The molecule has 1 fully saturated rings. The number of hydrogen-bond donors (Lipinski definition) is 0. The van der Waals surface area contributed by atoms with Gasteiger partial charge >= 0.3 is 0 Å². The molecule has 3 rings (SSSR count). The first kappa shape index (κ1) is 17.0. The number of benzene rings is 1. The Labute approximate surface area is 147 Å². The van der Waals surface area contributed by atoms with Crippen LogP contribution in [-0.4, -0.2) is 38.7 Å². The van der Waals surface area contributed by atoms with E-state index in [1.54, 1.807) is 6.33 Å². The van der Waals surface area contributed by atoms with E-state index in [0.29, 0.717) is 12.3 Å². The second-order valence-corrected chi connectivity index (χ2v) is 6.70. The summed E-state index contributed by atoms with van der Waals surface area (Å²) in [7, 11) is 0. The first-order valence-electron chi connectivity index (χ1n) is 8.57. The Hall–Kier alpha value is -1.88. The number of carbonyl (C=O) groups excluding carboxylic acids is 1. The molecule has 1 amide bonds. The van der Waals surface area contributed by atoms with Gasteiger partial charge < -0.3 is 9.47 Å². The zero-order valence-corrected chi connectivity index (χ0v) is 14.7. The molecular weight excluding hydrogens is 324 g/mol. The SMILES string of the molecule is CCn1cnnc1C1CCN(C(=O)CCc2cccc(Cl)c2)CC1. The maximum Gasteiger partial charge on any atom is 0.222 e. The lowest BCUT2D eigenvalue weighted by atomic mass is 9.95. The number of rotatable bonds is 5. The molecule has 128 valence electrons. The lowest BCUT2D eigenvalue weighted by Gasteiger charge is -2.31. The van der Waals surface area contributed by atoms with E-state index in [2.05, 4.69) is 21.7 Å². The molecule has 0 saturated carbocycles. The van der Waals surface area contributed by atoms with Crippen molar-refractivity contribution in [2.24, 2.45) is 0 Å². The van der Waals surface area contributed by atoms with Gasteiger partial charge in [0.05, 0.1) is 0 Å². The summed E-state index contributed by atoms with van der Waals surface area (Å²) in [4.78, 5) is 14.4. The van der Waals surface area contributed by atoms with Crippen LogP contribution in [0.1, 0.15) is 43.5 Å². The van der Waals surface area contributed by atoms with Gasteiger partial charge in [-0.25, -0.2) is 0 Å². The van der Waals surface area contributed by atoms with Crippen LogP contribution in [0.4, 0.5) is 0 Å². The molecule has 0 unspecified atom stereocenters. The van der Waals surface area contributed by atoms with Crippen molar-refractivity contribution in [3.63, 3.8) is 0 Å². The van der Waals surface area contributed by atoms with Crippen LogP contribution in [0.3, 0.4) is 0 Å². The maximum absolute atomic E-state index is 12.4. The molecule has 1 aromatic heterocycles. The number of piperidine rings is 1. The molecule has 0 radical (unpaired) electrons. The summed E-state index contributed by atoms with van der Waals surface area (Å²) in [6.07, 6.45) is 4.99. The van der Waals surface area contributed by atoms with Crippen LogP contribution in [0.2, 0.25) is 5.02 Å². The third kappa shape index (κ3) is 3.96. The number of likely N-dealkylation sites (tertiary alicyclic amines) is 1. The predicted molar refractivity (Wildman–Crippen MR) is 94.0 cm³/mol. The molecule has 5 nitrogen and oxygen atoms in total. The Kier molecular flexibility index (Phi) is 5.51. The van der Waals surface area contributed by atoms with Crippen LogP contribution < -0.4 is 0 Å². The van der Waals surface area contributed by atoms with Gasteiger partial charge in [0, 0.05) is 37.0 Å². The summed E-state index contributed by atoms with van der Waals surface area (Å²) in [5.41, 5.74) is 1.11. The fourth-order valence-electron chi connectivity index (χ4n) is 3.31. The van der Waals surface area contributed by atoms with Gasteiger partial charge in [-0.1, -0.05) is 23.7 Å². The zero-order valence-electron chi connectivity index (χ0n) is 14.0. The van der Waals surface area contributed by atoms with Crippen molar-refractivity contribution in [1.29, 1.82) is 0 Å². The minimum atomic E-state index is 0.227. The molecule has 0 atom stereocenters. The molecule has 6 heteroatoms. The van der Waals surface area contributed by atoms with Crippen molar-refractivity contribution in [3.8, 4) is 0 Å². The van der Waals surface area contributed by atoms with E-state index >= 15 is 0 Å². The van der Waals surface area contributed by atoms with Crippen molar-refractivity contribution in [2.45, 2.75) is 45.1 Å². The van der Waals surface area contributed by atoms with Crippen molar-refractivity contribution in [2.75, 3.05) is 13.1 Å². The molecule has 0 spiro atoms. The van der Waals surface area contributed by atoms with E-state index in [1.165, 1.54) is 0 Å². The summed E-state index contributed by atoms with van der Waals surface area (Å²) in [6, 6.07) is 7.73. The van der Waals surface area contributed by atoms with Gasteiger partial charge in [0.2, 0.25) is 5.91 Å². The molecule has 2 heterocycles. The summed E-state index contributed by atoms with van der Waals surface area (Å²) in [5.74, 6) is 1.69. The summed E-state index contributed by atoms with van der Waals surface area (Å²) in [6.45, 7) is 4.59. The summed E-state index contributed by atoms with van der Waals surface area (Å²) in [5, 5.41) is 9.00. The minimum Gasteiger partial charge on any atom is -0.343 e. The monoisotopic (exact) mass is 346 g/mol. The average molecular weight is 347 g/mol. The van der Waals surface area contributed by atoms with Gasteiger partial charge in [0.15, 0.2) is 0 Å². The van der Waals surface area contributed by atoms with Crippen molar-refractivity contribution >= 4 is 17.5 Å². The smallest absolute Gasteiger partial charge is 0.222 e. The lowest BCUT2D eigenvalue weighted by molar-refractivity contribution is -0.132. The number of halogens is 1. The molecule has 24 heavy (non-hydrogen) atoms. The van der Waals surface area contributed by atoms with Crippen LogP contribution in [0.25, 0.3) is 0 Å². The number of aromatic nitrogens is 3. The first-order chi connectivity index (χ1) is 11.7. The quantitative estimate of drug-likeness (QED) is 0.834. The standard InChI is InChI=1S/C18H23ClN4O/c1-2-22-13-20-21-18(22)15-8-10-23(11-9-15)17(24)7-6-14-4-3-5-16(19)12-14/h3-5,12-13,15H,2,6-11H2,1H3. The molecule has 1 aliphatic heterocycles. The molecule has 0 aliphatic carbocycles. The first-order valence-corrected chi connectivity index (χ1v) is 8.95. The Morgan fingerprint density at radius 2 is 2.12 bits per heavy atom. The van der Waals surface area contributed by atoms with E-state index in [9.17, 15) is 4.79 Å². The van der Waals surface area contributed by atoms with Gasteiger partial charge in [-0.15, -0.1) is 10.2 Å². The highest BCUT2D eigenvalue weighted by molar-refractivity contribution is 6.30. The van der Waals surface area contributed by atoms with Crippen LogP contribution in [0.15, 0.2) is 30.6 Å². The van der Waals surface area contributed by atoms with Gasteiger partial charge in [-0.2, -0.15) is 0 Å². The van der Waals surface area contributed by atoms with Crippen LogP contribution in [0, 0.1) is 0 Å². The topological polar surface area (TPSA) is 51.0 Å². The number of nitrogens with zero attached hydrogens (tertiary/aromatic N) is 4. The van der Waals surface area contributed by atoms with E-state index in [4.69, 9.17) is 11.6 Å². The minimum absolute atomic E-state index is 0.227. The van der Waals surface area contributed by atoms with Gasteiger partial charge in [0.25, 0.3) is 0 Å². The molecular formula is C18H23ClN4O. The van der Waals surface area contributed by atoms with Gasteiger partial charge in [0.1, 0.15) is 12.2 Å². The molecule has 0 N–H and O–H groups in total. The highest BCUT2D eigenvalue weighted by atomic mass is 35.5. The predicted octanol–water partition coefficient (Wildman–Crippen LogP) is 3.29. The highest BCUT2D eigenvalue weighted by Crippen LogP contribution is 2.27. The number of amides is 1. The lowest BCUT2D eigenvalue weighted by Crippen LogP contribution is -2.38. The molecule has 1 aromatic carbocycles. The summed E-state index contributed by atoms with van der Waals surface area (Å²) < 4.78 is 2.10. The molecule has 1 aliphatic rings. The van der Waals surface area contributed by atoms with Gasteiger partial charge in [-0.3, -0.25) is 4.79 Å². The maximum atomic E-state index is 12.4. The molecule has 0 bridgehead atoms. The normalized spacial score (nSPS) is 15.7. The fraction of sp³-hybridized carbons (Fsp3) is 0.500. The Bertz CT molecular complexity index is 692. The third-order valence-corrected chi connectivity index (χ3v) is 4.95. The van der Waals surface area contributed by atoms with Crippen molar-refractivity contribution < 1.29 is 4.79 Å². The van der Waals surface area contributed by atoms with E-state index < -0.39 is 0 Å². The molecule has 2 aromatic rings. The Morgan fingerprint density at radius 1 is 1.33 bits per heavy atom. The van der Waals surface area contributed by atoms with Crippen molar-refractivity contribution in [1.82, 2.24) is 19.7 Å². The van der Waals surface area contributed by atoms with Crippen LogP contribution in [-0.2, 0) is 17.8 Å². The van der Waals surface area contributed by atoms with Crippen LogP contribution >= 0.6 is 11.6 Å². The second-order valence-electron chi connectivity index (χ2n) is 6.26. The number of hydrogen-bond acceptors (Lipinski definition) is 3. The number of carbonyl (C=O) groups is 1. The largest absolute Gasteiger partial charge is 0.343 e. The molecule has 1 saturated heterocycles.